The van der Waals surface area contributed by atoms with Gasteiger partial charge in [0.15, 0.2) is 5.82 Å². The van der Waals surface area contributed by atoms with Crippen LogP contribution in [-0.2, 0) is 4.74 Å². The van der Waals surface area contributed by atoms with Gasteiger partial charge in [-0.2, -0.15) is 4.37 Å². The normalized spacial score (nSPS) is 18.8. The molecule has 1 aromatic heterocycles. The highest BCUT2D eigenvalue weighted by Gasteiger charge is 2.28. The Labute approximate surface area is 113 Å². The molecule has 1 fully saturated rings. The van der Waals surface area contributed by atoms with Crippen LogP contribution in [0.4, 0.5) is 5.13 Å². The van der Waals surface area contributed by atoms with E-state index in [1.54, 1.807) is 7.11 Å². The molecule has 2 rings (SSSR count). The molecule has 1 unspecified atom stereocenters. The van der Waals surface area contributed by atoms with Gasteiger partial charge in [-0.15, -0.1) is 0 Å². The molecule has 4 nitrogen and oxygen atoms in total. The first-order chi connectivity index (χ1) is 8.85. The highest BCUT2D eigenvalue weighted by molar-refractivity contribution is 7.09. The lowest BCUT2D eigenvalue weighted by Gasteiger charge is -2.27. The van der Waals surface area contributed by atoms with Crippen molar-refractivity contribution >= 4 is 16.7 Å². The quantitative estimate of drug-likeness (QED) is 0.856. The molecule has 1 aromatic rings. The molecule has 1 aliphatic rings. The van der Waals surface area contributed by atoms with Crippen LogP contribution in [0, 0.1) is 5.92 Å². The maximum atomic E-state index is 5.65. The van der Waals surface area contributed by atoms with Crippen molar-refractivity contribution in [2.45, 2.75) is 51.6 Å². The molecule has 0 aliphatic heterocycles. The molecule has 102 valence electrons. The number of nitrogens with zero attached hydrogens (tertiary/aromatic N) is 2. The molecule has 1 saturated carbocycles. The van der Waals surface area contributed by atoms with Crippen molar-refractivity contribution in [3.63, 3.8) is 0 Å². The molecule has 0 saturated heterocycles. The van der Waals surface area contributed by atoms with Crippen molar-refractivity contribution in [2.75, 3.05) is 19.0 Å². The number of hydrogen-bond donors (Lipinski definition) is 1. The van der Waals surface area contributed by atoms with E-state index in [0.717, 1.165) is 23.9 Å². The molecule has 5 heteroatoms. The summed E-state index contributed by atoms with van der Waals surface area (Å²) in [5, 5.41) is 4.21. The average Bonchev–Trinajstić information content (AvgIpc) is 2.87. The van der Waals surface area contributed by atoms with E-state index in [1.165, 1.54) is 43.6 Å². The SMILES string of the molecule is CCCNc1nc(C(OC)C2CCCCC2)ns1. The van der Waals surface area contributed by atoms with Crippen LogP contribution in [0.2, 0.25) is 0 Å². The average molecular weight is 269 g/mol. The van der Waals surface area contributed by atoms with Crippen molar-refractivity contribution < 1.29 is 4.74 Å². The Balaban J connectivity index is 1.99. The summed E-state index contributed by atoms with van der Waals surface area (Å²) in [5.74, 6) is 1.46. The van der Waals surface area contributed by atoms with E-state index in [4.69, 9.17) is 4.74 Å². The molecule has 0 bridgehead atoms. The molecule has 0 amide bonds. The van der Waals surface area contributed by atoms with Gasteiger partial charge in [-0.05, 0) is 25.2 Å². The van der Waals surface area contributed by atoms with Gasteiger partial charge in [0.05, 0.1) is 0 Å². The summed E-state index contributed by atoms with van der Waals surface area (Å²) in [7, 11) is 1.78. The lowest BCUT2D eigenvalue weighted by molar-refractivity contribution is 0.0298. The van der Waals surface area contributed by atoms with Gasteiger partial charge in [0.25, 0.3) is 0 Å². The fraction of sp³-hybridized carbons (Fsp3) is 0.846. The zero-order chi connectivity index (χ0) is 12.8. The van der Waals surface area contributed by atoms with E-state index >= 15 is 0 Å². The lowest BCUT2D eigenvalue weighted by Crippen LogP contribution is -2.19. The summed E-state index contributed by atoms with van der Waals surface area (Å²) in [6, 6.07) is 0. The smallest absolute Gasteiger partial charge is 0.202 e. The van der Waals surface area contributed by atoms with Gasteiger partial charge in [0.2, 0.25) is 5.13 Å². The Morgan fingerprint density at radius 1 is 1.39 bits per heavy atom. The first-order valence-electron chi connectivity index (χ1n) is 6.95. The van der Waals surface area contributed by atoms with Crippen molar-refractivity contribution in [1.29, 1.82) is 0 Å². The van der Waals surface area contributed by atoms with E-state index in [0.29, 0.717) is 5.92 Å². The molecule has 1 N–H and O–H groups in total. The van der Waals surface area contributed by atoms with Crippen LogP contribution in [0.5, 0.6) is 0 Å². The molecule has 0 radical (unpaired) electrons. The predicted octanol–water partition coefficient (Wildman–Crippen LogP) is 3.63. The summed E-state index contributed by atoms with van der Waals surface area (Å²) in [4.78, 5) is 4.57. The minimum Gasteiger partial charge on any atom is -0.373 e. The Kier molecular flexibility index (Phi) is 5.38. The van der Waals surface area contributed by atoms with E-state index in [9.17, 15) is 0 Å². The summed E-state index contributed by atoms with van der Waals surface area (Å²) in [5.41, 5.74) is 0. The van der Waals surface area contributed by atoms with Crippen LogP contribution in [0.3, 0.4) is 0 Å². The van der Waals surface area contributed by atoms with Gasteiger partial charge in [0.1, 0.15) is 6.10 Å². The maximum Gasteiger partial charge on any atom is 0.202 e. The van der Waals surface area contributed by atoms with Crippen LogP contribution in [0.15, 0.2) is 0 Å². The third-order valence-corrected chi connectivity index (χ3v) is 4.24. The fourth-order valence-corrected chi connectivity index (χ4v) is 3.23. The van der Waals surface area contributed by atoms with Crippen molar-refractivity contribution in [1.82, 2.24) is 9.36 Å². The summed E-state index contributed by atoms with van der Waals surface area (Å²) in [6.07, 6.45) is 7.67. The third-order valence-electron chi connectivity index (χ3n) is 3.55. The highest BCUT2D eigenvalue weighted by atomic mass is 32.1. The third kappa shape index (κ3) is 3.42. The molecular formula is C13H23N3OS. The molecule has 1 heterocycles. The van der Waals surface area contributed by atoms with Crippen LogP contribution in [0.25, 0.3) is 0 Å². The van der Waals surface area contributed by atoms with E-state index in [2.05, 4.69) is 21.6 Å². The molecule has 1 aliphatic carbocycles. The summed E-state index contributed by atoms with van der Waals surface area (Å²) < 4.78 is 10.1. The Morgan fingerprint density at radius 3 is 2.83 bits per heavy atom. The van der Waals surface area contributed by atoms with Gasteiger partial charge in [0, 0.05) is 25.2 Å². The van der Waals surface area contributed by atoms with Crippen molar-refractivity contribution in [2.24, 2.45) is 5.92 Å². The largest absolute Gasteiger partial charge is 0.373 e. The topological polar surface area (TPSA) is 47.0 Å². The second-order valence-electron chi connectivity index (χ2n) is 4.94. The van der Waals surface area contributed by atoms with Crippen molar-refractivity contribution in [3.05, 3.63) is 5.82 Å². The predicted molar refractivity (Wildman–Crippen MR) is 75.0 cm³/mol. The van der Waals surface area contributed by atoms with Crippen LogP contribution in [0.1, 0.15) is 57.4 Å². The minimum atomic E-state index is 0.0822. The molecular weight excluding hydrogens is 246 g/mol. The van der Waals surface area contributed by atoms with Crippen LogP contribution in [-0.4, -0.2) is 23.0 Å². The van der Waals surface area contributed by atoms with Crippen LogP contribution >= 0.6 is 11.5 Å². The number of hydrogen-bond acceptors (Lipinski definition) is 5. The van der Waals surface area contributed by atoms with Gasteiger partial charge in [-0.1, -0.05) is 26.2 Å². The number of methoxy groups -OCH3 is 1. The molecule has 1 atom stereocenters. The minimum absolute atomic E-state index is 0.0822. The Bertz CT molecular complexity index is 350. The Hall–Kier alpha value is -0.680. The summed E-state index contributed by atoms with van der Waals surface area (Å²) >= 11 is 1.44. The van der Waals surface area contributed by atoms with E-state index < -0.39 is 0 Å². The number of rotatable bonds is 6. The fourth-order valence-electron chi connectivity index (χ4n) is 2.60. The molecule has 0 spiro atoms. The first-order valence-corrected chi connectivity index (χ1v) is 7.72. The van der Waals surface area contributed by atoms with Crippen LogP contribution < -0.4 is 5.32 Å². The summed E-state index contributed by atoms with van der Waals surface area (Å²) in [6.45, 7) is 3.10. The highest BCUT2D eigenvalue weighted by Crippen LogP contribution is 2.36. The monoisotopic (exact) mass is 269 g/mol. The van der Waals surface area contributed by atoms with E-state index in [-0.39, 0.29) is 6.10 Å². The maximum absolute atomic E-state index is 5.65. The van der Waals surface area contributed by atoms with Gasteiger partial charge < -0.3 is 10.1 Å². The van der Waals surface area contributed by atoms with Gasteiger partial charge in [-0.3, -0.25) is 0 Å². The lowest BCUT2D eigenvalue weighted by atomic mass is 9.85. The number of aromatic nitrogens is 2. The van der Waals surface area contributed by atoms with Gasteiger partial charge >= 0.3 is 0 Å². The molecule has 0 aromatic carbocycles. The van der Waals surface area contributed by atoms with Gasteiger partial charge in [-0.25, -0.2) is 4.98 Å². The van der Waals surface area contributed by atoms with Crippen molar-refractivity contribution in [3.8, 4) is 0 Å². The first kappa shape index (κ1) is 13.7. The number of nitrogens with one attached hydrogen (secondary N) is 1. The zero-order valence-corrected chi connectivity index (χ0v) is 12.1. The zero-order valence-electron chi connectivity index (χ0n) is 11.3. The Morgan fingerprint density at radius 2 is 2.17 bits per heavy atom. The molecule has 18 heavy (non-hydrogen) atoms. The van der Waals surface area contributed by atoms with E-state index in [1.807, 2.05) is 0 Å². The second-order valence-corrected chi connectivity index (χ2v) is 5.69. The number of anilines is 1. The second kappa shape index (κ2) is 7.04. The number of ether oxygens (including phenoxy) is 1. The standard InChI is InChI=1S/C13H23N3OS/c1-3-9-14-13-15-12(16-18-13)11(17-2)10-7-5-4-6-8-10/h10-11H,3-9H2,1-2H3,(H,14,15,16).